The van der Waals surface area contributed by atoms with Gasteiger partial charge < -0.3 is 24.8 Å². The van der Waals surface area contributed by atoms with Gasteiger partial charge in [0.15, 0.2) is 0 Å². The van der Waals surface area contributed by atoms with Crippen LogP contribution in [0, 0.1) is 13.8 Å². The number of aliphatic carboxylic acids is 1. The Morgan fingerprint density at radius 3 is 1.74 bits per heavy atom. The Bertz CT molecular complexity index is 1600. The number of amides is 1. The van der Waals surface area contributed by atoms with Gasteiger partial charge in [-0.05, 0) is 99.8 Å². The molecule has 3 saturated heterocycles. The molecule has 3 aliphatic rings. The average molecular weight is 1640 g/mol. The summed E-state index contributed by atoms with van der Waals surface area (Å²) < 4.78 is 9.66. The van der Waals surface area contributed by atoms with Crippen LogP contribution in [0.1, 0.15) is 73.6 Å². The van der Waals surface area contributed by atoms with E-state index in [9.17, 15) is 19.2 Å². The predicted molar refractivity (Wildman–Crippen MR) is 281 cm³/mol. The maximum absolute atomic E-state index is 12.2. The first-order chi connectivity index (χ1) is 27.5. The molecule has 0 spiro atoms. The third-order valence-corrected chi connectivity index (χ3v) is 10.9. The fraction of sp³-hybridized carbons (Fsp3) is 0.579. The number of carbonyl (C=O) groups excluding carboxylic acids is 3. The summed E-state index contributed by atoms with van der Waals surface area (Å²) in [5, 5.41) is 13.7. The van der Waals surface area contributed by atoms with E-state index in [1.165, 1.54) is 25.3 Å². The van der Waals surface area contributed by atoms with Crippen molar-refractivity contribution in [3.63, 3.8) is 0 Å². The van der Waals surface area contributed by atoms with Gasteiger partial charge in [-0.2, -0.15) is 0 Å². The molecule has 0 bridgehead atoms. The van der Waals surface area contributed by atoms with Gasteiger partial charge in [-0.3, -0.25) is 24.2 Å². The van der Waals surface area contributed by atoms with Crippen LogP contribution in [-0.2, 0) is 41.7 Å². The molecule has 2 aromatic carbocycles. The number of carbonyl (C=O) groups is 4. The predicted octanol–water partition coefficient (Wildman–Crippen LogP) is 7.70. The molecular weight excluding hydrogens is 1580 g/mol. The molecule has 0 saturated carbocycles. The first-order valence-corrected chi connectivity index (χ1v) is 50.7. The summed E-state index contributed by atoms with van der Waals surface area (Å²) >= 11 is 24.9. The van der Waals surface area contributed by atoms with Gasteiger partial charge in [-0.1, -0.05) is 47.5 Å². The fourth-order valence-corrected chi connectivity index (χ4v) is 7.47. The molecule has 330 valence electrons. The molecule has 58 heavy (non-hydrogen) atoms. The van der Waals surface area contributed by atoms with Gasteiger partial charge in [0, 0.05) is 61.1 Å². The van der Waals surface area contributed by atoms with Crippen molar-refractivity contribution in [2.75, 3.05) is 40.4 Å². The summed E-state index contributed by atoms with van der Waals surface area (Å²) in [5.74, 6) is -1.51. The van der Waals surface area contributed by atoms with Gasteiger partial charge in [0.25, 0.3) is 0 Å². The Kier molecular flexibility index (Phi) is 29.9. The number of methoxy groups -OCH3 is 2. The number of carboxylic acids is 1. The summed E-state index contributed by atoms with van der Waals surface area (Å²) in [7, 11) is 2.36. The quantitative estimate of drug-likeness (QED) is 0.161. The summed E-state index contributed by atoms with van der Waals surface area (Å²) in [6.07, 6.45) is 4.82. The van der Waals surface area contributed by atoms with Crippen molar-refractivity contribution >= 4 is 148 Å². The molecule has 0 radical (unpaired) electrons. The third kappa shape index (κ3) is 21.3. The zero-order valence-electron chi connectivity index (χ0n) is 32.8. The molecule has 3 aliphatic heterocycles. The van der Waals surface area contributed by atoms with E-state index in [2.05, 4.69) is 132 Å². The zero-order chi connectivity index (χ0) is 43.4. The standard InChI is InChI=1S/C19H27ClN2O4.C19H25ClN2O3.I4.I3/c1-13-11-14(3-4-16(13)20)12-22-9-7-15(8-10-22)21-17(19(25)26-2)5-6-18(23)24;1-13-11-14(3-4-16(13)20)12-21-9-7-15(8-10-21)22-17(19(24)25-2)5-6-18(22)23;1-4(2)3;1-3-2/h3-4,11,15,17,21H,5-10,12H2,1-2H3,(H,23,24);3-4,11,15,17H,5-10,12H2,1-2H3;;/q;;;-1/t2*17-;;/m11../s1. The van der Waals surface area contributed by atoms with Crippen LogP contribution in [0.2, 0.25) is 10.0 Å². The number of piperidine rings is 2. The molecule has 0 aromatic heterocycles. The van der Waals surface area contributed by atoms with E-state index in [1.54, 1.807) is 4.90 Å². The normalized spacial score (nSPS) is 18.5. The van der Waals surface area contributed by atoms with Crippen LogP contribution in [0.15, 0.2) is 36.4 Å². The molecule has 2 aromatic rings. The van der Waals surface area contributed by atoms with E-state index >= 15 is 0 Å². The van der Waals surface area contributed by atoms with Crippen LogP contribution in [0.4, 0.5) is 0 Å². The Hall–Kier alpha value is 1.89. The Balaban J connectivity index is 0.000000345. The number of carboxylic acid groups (broad SMARTS) is 1. The van der Waals surface area contributed by atoms with Crippen molar-refractivity contribution in [2.24, 2.45) is 0 Å². The molecule has 2 N–H and O–H groups in total. The maximum atomic E-state index is 12.2. The minimum atomic E-state index is -0.909. The number of aryl methyl sites for hydroxylation is 2. The number of nitrogens with zero attached hydrogens (tertiary/aromatic N) is 3. The Labute approximate surface area is 419 Å². The number of hydrogen-bond acceptors (Lipinski definition) is 9. The second-order valence-electron chi connectivity index (χ2n) is 14.0. The van der Waals surface area contributed by atoms with E-state index in [0.29, 0.717) is 26.1 Å². The van der Waals surface area contributed by atoms with Crippen LogP contribution in [0.3, 0.4) is 0 Å². The van der Waals surface area contributed by atoms with Gasteiger partial charge >= 0.3 is 132 Å². The van der Waals surface area contributed by atoms with E-state index in [4.69, 9.17) is 37.8 Å². The van der Waals surface area contributed by atoms with Crippen molar-refractivity contribution in [1.29, 1.82) is 0 Å². The molecule has 2 atom stereocenters. The summed E-state index contributed by atoms with van der Waals surface area (Å²) in [6, 6.07) is 11.6. The topological polar surface area (TPSA) is 129 Å². The van der Waals surface area contributed by atoms with E-state index in [-0.39, 0.29) is 44.7 Å². The minimum absolute atomic E-state index is 0.0540. The number of halogens is 9. The molecule has 1 amide bonds. The van der Waals surface area contributed by atoms with E-state index < -0.39 is 24.0 Å². The van der Waals surface area contributed by atoms with Crippen molar-refractivity contribution < 1.29 is 47.0 Å². The summed E-state index contributed by atoms with van der Waals surface area (Å²) in [4.78, 5) is 53.4. The zero-order valence-corrected chi connectivity index (χ0v) is 49.4. The molecule has 11 nitrogen and oxygen atoms in total. The van der Waals surface area contributed by atoms with E-state index in [1.807, 2.05) is 26.0 Å². The van der Waals surface area contributed by atoms with Crippen LogP contribution < -0.4 is 18.6 Å². The molecule has 0 aliphatic carbocycles. The summed E-state index contributed by atoms with van der Waals surface area (Å²) in [5.41, 5.74) is 4.68. The number of rotatable bonds is 12. The van der Waals surface area contributed by atoms with Gasteiger partial charge in [0.1, 0.15) is 12.1 Å². The molecule has 5 rings (SSSR count). The first kappa shape index (κ1) is 56.0. The van der Waals surface area contributed by atoms with Crippen LogP contribution in [0.25, 0.3) is 0 Å². The Morgan fingerprint density at radius 2 is 1.33 bits per heavy atom. The number of benzene rings is 2. The molecule has 3 fully saturated rings. The molecule has 0 unspecified atom stereocenters. The Morgan fingerprint density at radius 1 is 0.862 bits per heavy atom. The first-order valence-electron chi connectivity index (χ1n) is 18.5. The van der Waals surface area contributed by atoms with Gasteiger partial charge in [0.05, 0.1) is 14.2 Å². The van der Waals surface area contributed by atoms with Gasteiger partial charge in [-0.15, -0.1) is 0 Å². The van der Waals surface area contributed by atoms with Crippen LogP contribution in [-0.4, -0.2) is 108 Å². The molecular formula is C38H52Cl2I7N4O7-. The van der Waals surface area contributed by atoms with Crippen molar-refractivity contribution in [3.05, 3.63) is 68.7 Å². The van der Waals surface area contributed by atoms with Crippen LogP contribution >= 0.6 is 124 Å². The van der Waals surface area contributed by atoms with Gasteiger partial charge in [-0.25, -0.2) is 4.79 Å². The second-order valence-corrected chi connectivity index (χ2v) is 79.8. The number of ether oxygens (including phenoxy) is 2. The number of nitrogens with one attached hydrogen (secondary N) is 1. The van der Waals surface area contributed by atoms with E-state index in [0.717, 1.165) is 86.1 Å². The molecule has 3 heterocycles. The third-order valence-electron chi connectivity index (χ3n) is 10.1. The van der Waals surface area contributed by atoms with Crippen LogP contribution in [0.5, 0.6) is 0 Å². The monoisotopic (exact) mass is 1630 g/mol. The van der Waals surface area contributed by atoms with Crippen molar-refractivity contribution in [3.8, 4) is 0 Å². The van der Waals surface area contributed by atoms with Crippen molar-refractivity contribution in [1.82, 2.24) is 20.0 Å². The number of likely N-dealkylation sites (tertiary alicyclic amines) is 3. The summed E-state index contributed by atoms with van der Waals surface area (Å²) in [6.45, 7) is 9.48. The fourth-order valence-electron chi connectivity index (χ4n) is 7.23. The second kappa shape index (κ2) is 30.9. The van der Waals surface area contributed by atoms with Gasteiger partial charge in [0.2, 0.25) is 5.91 Å². The average Bonchev–Trinajstić information content (AvgIpc) is 3.58. The van der Waals surface area contributed by atoms with Crippen molar-refractivity contribution in [2.45, 2.75) is 102 Å². The number of hydrogen-bond donors (Lipinski definition) is 2. The molecule has 20 heteroatoms. The SMILES string of the molecule is COC(=O)[C@@H](CCC(=O)O)NC1CCN(Cc2ccc(Cl)c(C)c2)CC1.COC(=O)[C@H]1CCC(=O)N1C1CCN(Cc2ccc(Cl)c(C)c2)CC1.II(I)I.I[I-]I. The number of esters is 2.